The molecule has 1 fully saturated rings. The lowest BCUT2D eigenvalue weighted by atomic mass is 10.2. The van der Waals surface area contributed by atoms with Crippen molar-refractivity contribution in [1.29, 1.82) is 0 Å². The summed E-state index contributed by atoms with van der Waals surface area (Å²) in [6.07, 6.45) is 1.68. The normalized spacial score (nSPS) is 14.6. The summed E-state index contributed by atoms with van der Waals surface area (Å²) >= 11 is 0.838. The first-order valence-corrected chi connectivity index (χ1v) is 11.4. The maximum atomic E-state index is 13.0. The Morgan fingerprint density at radius 1 is 1.11 bits per heavy atom. The number of aromatic nitrogens is 1. The Morgan fingerprint density at radius 3 is 2.49 bits per heavy atom. The molecule has 1 aliphatic rings. The lowest BCUT2D eigenvalue weighted by Crippen LogP contribution is -2.27. The zero-order valence-corrected chi connectivity index (χ0v) is 20.0. The molecule has 0 saturated carbocycles. The van der Waals surface area contributed by atoms with Gasteiger partial charge in [-0.15, -0.1) is 0 Å². The second kappa shape index (κ2) is 9.59. The Bertz CT molecular complexity index is 1390. The van der Waals surface area contributed by atoms with Crippen molar-refractivity contribution in [2.24, 2.45) is 0 Å². The van der Waals surface area contributed by atoms with Gasteiger partial charge in [-0.3, -0.25) is 24.6 Å². The maximum Gasteiger partial charge on any atom is 0.337 e. The van der Waals surface area contributed by atoms with Crippen molar-refractivity contribution in [3.63, 3.8) is 0 Å². The van der Waals surface area contributed by atoms with Gasteiger partial charge in [-0.2, -0.15) is 0 Å². The second-order valence-electron chi connectivity index (χ2n) is 7.90. The van der Waals surface area contributed by atoms with E-state index in [1.165, 1.54) is 25.3 Å². The molecule has 0 aliphatic carbocycles. The van der Waals surface area contributed by atoms with E-state index in [2.05, 4.69) is 0 Å². The quantitative estimate of drug-likeness (QED) is 0.206. The minimum atomic E-state index is -0.518. The fraction of sp³-hybridized carbons (Fsp3) is 0.160. The number of methoxy groups -OCH3 is 1. The van der Waals surface area contributed by atoms with Crippen LogP contribution in [0.15, 0.2) is 59.5 Å². The zero-order valence-electron chi connectivity index (χ0n) is 19.2. The Hall–Kier alpha value is -4.18. The van der Waals surface area contributed by atoms with Crippen LogP contribution >= 0.6 is 11.8 Å². The molecule has 0 N–H and O–H groups in total. The average Bonchev–Trinajstić information content (AvgIpc) is 3.27. The molecule has 2 amide bonds. The summed E-state index contributed by atoms with van der Waals surface area (Å²) in [5.41, 5.74) is 4.23. The molecule has 178 valence electrons. The lowest BCUT2D eigenvalue weighted by Gasteiger charge is -2.12. The molecule has 35 heavy (non-hydrogen) atoms. The number of esters is 1. The van der Waals surface area contributed by atoms with Crippen molar-refractivity contribution in [3.05, 3.63) is 97.7 Å². The lowest BCUT2D eigenvalue weighted by molar-refractivity contribution is -0.384. The molecule has 2 heterocycles. The number of carbonyl (C=O) groups excluding carboxylic acids is 3. The Labute approximate surface area is 205 Å². The second-order valence-corrected chi connectivity index (χ2v) is 8.89. The van der Waals surface area contributed by atoms with E-state index in [9.17, 15) is 24.5 Å². The van der Waals surface area contributed by atoms with Gasteiger partial charge in [0, 0.05) is 29.2 Å². The molecule has 0 spiro atoms. The third-order valence-electron chi connectivity index (χ3n) is 5.64. The third kappa shape index (κ3) is 4.73. The summed E-state index contributed by atoms with van der Waals surface area (Å²) in [6.45, 7) is 3.78. The van der Waals surface area contributed by atoms with Crippen LogP contribution in [0, 0.1) is 24.0 Å². The van der Waals surface area contributed by atoms with E-state index in [1.54, 1.807) is 24.3 Å². The SMILES string of the molecule is COC(=O)c1ccc(-n2c(C)cc(/C=C3/SC(=O)N(Cc4cccc([N+](=O)[O-])c4)C3=O)c2C)cc1. The van der Waals surface area contributed by atoms with E-state index in [0.29, 0.717) is 11.1 Å². The summed E-state index contributed by atoms with van der Waals surface area (Å²) < 4.78 is 6.73. The molecule has 1 saturated heterocycles. The van der Waals surface area contributed by atoms with Gasteiger partial charge in [0.25, 0.3) is 16.8 Å². The number of nitro benzene ring substituents is 1. The molecule has 4 rings (SSSR count). The fourth-order valence-electron chi connectivity index (χ4n) is 3.92. The predicted octanol–water partition coefficient (Wildman–Crippen LogP) is 5.03. The summed E-state index contributed by atoms with van der Waals surface area (Å²) in [5.74, 6) is -0.863. The molecule has 10 heteroatoms. The first-order valence-electron chi connectivity index (χ1n) is 10.6. The van der Waals surface area contributed by atoms with E-state index in [1.807, 2.05) is 36.6 Å². The number of imide groups is 1. The van der Waals surface area contributed by atoms with E-state index >= 15 is 0 Å². The van der Waals surface area contributed by atoms with E-state index in [4.69, 9.17) is 4.74 Å². The molecule has 0 radical (unpaired) electrons. The van der Waals surface area contributed by atoms with Gasteiger partial charge in [-0.05, 0) is 73.1 Å². The summed E-state index contributed by atoms with van der Waals surface area (Å²) in [7, 11) is 1.33. The number of benzene rings is 2. The number of nitrogens with zero attached hydrogens (tertiary/aromatic N) is 3. The molecular weight excluding hydrogens is 470 g/mol. The number of non-ortho nitro benzene ring substituents is 1. The Kier molecular flexibility index (Phi) is 6.57. The molecule has 0 unspecified atom stereocenters. The maximum absolute atomic E-state index is 13.0. The largest absolute Gasteiger partial charge is 0.465 e. The van der Waals surface area contributed by atoms with Crippen LogP contribution in [0.25, 0.3) is 11.8 Å². The van der Waals surface area contributed by atoms with E-state index in [0.717, 1.165) is 39.3 Å². The Balaban J connectivity index is 1.59. The number of ether oxygens (including phenoxy) is 1. The van der Waals surface area contributed by atoms with Crippen LogP contribution in [-0.2, 0) is 16.1 Å². The smallest absolute Gasteiger partial charge is 0.337 e. The number of aryl methyl sites for hydroxylation is 1. The molecule has 3 aromatic rings. The molecule has 2 aromatic carbocycles. The molecule has 1 aromatic heterocycles. The van der Waals surface area contributed by atoms with Gasteiger partial charge >= 0.3 is 5.97 Å². The predicted molar refractivity (Wildman–Crippen MR) is 131 cm³/mol. The number of carbonyl (C=O) groups is 3. The topological polar surface area (TPSA) is 112 Å². The van der Waals surface area contributed by atoms with Crippen molar-refractivity contribution < 1.29 is 24.0 Å². The van der Waals surface area contributed by atoms with Crippen LogP contribution in [0.1, 0.15) is 32.9 Å². The highest BCUT2D eigenvalue weighted by atomic mass is 32.2. The van der Waals surface area contributed by atoms with Gasteiger partial charge in [-0.25, -0.2) is 4.79 Å². The van der Waals surface area contributed by atoms with Gasteiger partial charge < -0.3 is 9.30 Å². The van der Waals surface area contributed by atoms with Crippen molar-refractivity contribution in [2.75, 3.05) is 7.11 Å². The minimum Gasteiger partial charge on any atom is -0.465 e. The van der Waals surface area contributed by atoms with Gasteiger partial charge in [0.05, 0.1) is 29.0 Å². The number of hydrogen-bond acceptors (Lipinski definition) is 7. The molecule has 0 atom stereocenters. The molecule has 1 aliphatic heterocycles. The van der Waals surface area contributed by atoms with Gasteiger partial charge in [0.15, 0.2) is 0 Å². The number of amides is 2. The van der Waals surface area contributed by atoms with Gasteiger partial charge in [-0.1, -0.05) is 12.1 Å². The van der Waals surface area contributed by atoms with Crippen LogP contribution in [0.3, 0.4) is 0 Å². The van der Waals surface area contributed by atoms with E-state index in [-0.39, 0.29) is 17.1 Å². The van der Waals surface area contributed by atoms with Gasteiger partial charge in [0.1, 0.15) is 0 Å². The van der Waals surface area contributed by atoms with Crippen molar-refractivity contribution >= 4 is 40.6 Å². The van der Waals surface area contributed by atoms with Crippen LogP contribution in [-0.4, -0.2) is 38.6 Å². The average molecular weight is 492 g/mol. The summed E-state index contributed by atoms with van der Waals surface area (Å²) in [5, 5.41) is 10.6. The minimum absolute atomic E-state index is 0.0464. The number of hydrogen-bond donors (Lipinski definition) is 0. The van der Waals surface area contributed by atoms with Crippen molar-refractivity contribution in [3.8, 4) is 5.69 Å². The molecular formula is C25H21N3O6S. The van der Waals surface area contributed by atoms with Crippen molar-refractivity contribution in [1.82, 2.24) is 9.47 Å². The van der Waals surface area contributed by atoms with Crippen molar-refractivity contribution in [2.45, 2.75) is 20.4 Å². The highest BCUT2D eigenvalue weighted by Crippen LogP contribution is 2.35. The zero-order chi connectivity index (χ0) is 25.3. The molecule has 9 nitrogen and oxygen atoms in total. The Morgan fingerprint density at radius 2 is 1.83 bits per heavy atom. The summed E-state index contributed by atoms with van der Waals surface area (Å²) in [6, 6.07) is 14.8. The number of nitro groups is 1. The standard InChI is InChI=1S/C25H21N3O6S/c1-15-11-19(16(2)27(15)20-9-7-18(8-10-20)24(30)34-3)13-22-23(29)26(25(31)35-22)14-17-5-4-6-21(12-17)28(32)33/h4-13H,14H2,1-3H3/b22-13+. The summed E-state index contributed by atoms with van der Waals surface area (Å²) in [4.78, 5) is 49.1. The molecule has 0 bridgehead atoms. The monoisotopic (exact) mass is 491 g/mol. The highest BCUT2D eigenvalue weighted by Gasteiger charge is 2.35. The number of rotatable bonds is 6. The first kappa shape index (κ1) is 24.0. The van der Waals surface area contributed by atoms with Gasteiger partial charge in [0.2, 0.25) is 0 Å². The van der Waals surface area contributed by atoms with Crippen LogP contribution in [0.5, 0.6) is 0 Å². The van der Waals surface area contributed by atoms with Crippen LogP contribution < -0.4 is 0 Å². The fourth-order valence-corrected chi connectivity index (χ4v) is 4.75. The number of thioether (sulfide) groups is 1. The van der Waals surface area contributed by atoms with E-state index < -0.39 is 22.0 Å². The highest BCUT2D eigenvalue weighted by molar-refractivity contribution is 8.18. The third-order valence-corrected chi connectivity index (χ3v) is 6.55. The van der Waals surface area contributed by atoms with Crippen LogP contribution in [0.2, 0.25) is 0 Å². The first-order chi connectivity index (χ1) is 16.7. The van der Waals surface area contributed by atoms with Crippen LogP contribution in [0.4, 0.5) is 10.5 Å².